The van der Waals surface area contributed by atoms with Crippen LogP contribution in [0.3, 0.4) is 0 Å². The molecule has 0 amide bonds. The van der Waals surface area contributed by atoms with E-state index in [0.717, 1.165) is 64.9 Å². The van der Waals surface area contributed by atoms with Crippen LogP contribution in [0.15, 0.2) is 182 Å². The van der Waals surface area contributed by atoms with Gasteiger partial charge in [0.2, 0.25) is 0 Å². The quantitative estimate of drug-likeness (QED) is 0.109. The largest absolute Gasteiger partial charge is 0.256 e. The smallest absolute Gasteiger partial charge is 0.0708 e. The average molecular weight is 855 g/mol. The van der Waals surface area contributed by atoms with Gasteiger partial charge in [-0.05, 0) is 156 Å². The molecule has 0 bridgehead atoms. The third kappa shape index (κ3) is 10.6. The summed E-state index contributed by atoms with van der Waals surface area (Å²) in [6, 6.07) is 52.2. The lowest BCUT2D eigenvalue weighted by atomic mass is 9.62. The molecule has 3 aromatic heterocycles. The van der Waals surface area contributed by atoms with Crippen LogP contribution in [0, 0.1) is 5.41 Å². The second kappa shape index (κ2) is 20.2. The predicted molar refractivity (Wildman–Crippen MR) is 270 cm³/mol. The zero-order valence-corrected chi connectivity index (χ0v) is 37.1. The molecule has 0 saturated heterocycles. The highest BCUT2D eigenvalue weighted by atomic mass is 14.7. The summed E-state index contributed by atoms with van der Waals surface area (Å²) >= 11 is 0. The van der Waals surface area contributed by atoms with Crippen molar-refractivity contribution in [1.82, 2.24) is 15.0 Å². The van der Waals surface area contributed by atoms with Gasteiger partial charge in [-0.2, -0.15) is 0 Å². The fraction of sp³-hybridized carbons (Fsp3) is 0.274. The van der Waals surface area contributed by atoms with Crippen molar-refractivity contribution in [1.29, 1.82) is 0 Å². The van der Waals surface area contributed by atoms with E-state index in [4.69, 9.17) is 9.97 Å². The molecule has 324 valence electrons. The summed E-state index contributed by atoms with van der Waals surface area (Å²) < 4.78 is 68.3. The molecule has 3 nitrogen and oxygen atoms in total. The lowest BCUT2D eigenvalue weighted by Crippen LogP contribution is -2.29. The summed E-state index contributed by atoms with van der Waals surface area (Å²) in [5, 5.41) is 0. The van der Waals surface area contributed by atoms with Gasteiger partial charge in [0.25, 0.3) is 0 Å². The standard InChI is InChI=1S/C62H61N3/c1-5-13-54(14-6-1)59-31-24-46(43-63-59)19-21-48-39-49(22-20-47-25-32-60(64-44-47)55-15-7-2-8-16-55)41-50(40-48)23-26-57-45-65-61(56-17-9-3-10-18-56)42-58(57)53-29-27-51(28-30-53)52-33-37-62(38-34-52)35-11-4-12-36-62/h1-3,5-10,13-18,24-25,27-32,39-45,52H,4,11-12,19-23,26,33-38H2/i21D2,23D2,26D2,52D. The number of rotatable bonds is 14. The lowest BCUT2D eigenvalue weighted by Gasteiger charge is -2.43. The van der Waals surface area contributed by atoms with Gasteiger partial charge >= 0.3 is 0 Å². The minimum Gasteiger partial charge on any atom is -0.256 e. The zero-order chi connectivity index (χ0) is 50.0. The molecule has 5 aromatic carbocycles. The highest BCUT2D eigenvalue weighted by Crippen LogP contribution is 2.51. The summed E-state index contributed by atoms with van der Waals surface area (Å²) in [6.07, 6.45) is 8.92. The number of nitrogens with zero attached hydrogens (tertiary/aromatic N) is 3. The number of benzene rings is 5. The van der Waals surface area contributed by atoms with Crippen LogP contribution in [0.2, 0.25) is 0 Å². The third-order valence-electron chi connectivity index (χ3n) is 13.7. The Labute approximate surface area is 397 Å². The summed E-state index contributed by atoms with van der Waals surface area (Å²) in [5.74, 6) is -0.693. The zero-order valence-electron chi connectivity index (χ0n) is 44.1. The average Bonchev–Trinajstić information content (AvgIpc) is 3.42. The summed E-state index contributed by atoms with van der Waals surface area (Å²) in [5.41, 5.74) is 10.4. The van der Waals surface area contributed by atoms with Crippen molar-refractivity contribution in [2.24, 2.45) is 5.41 Å². The topological polar surface area (TPSA) is 38.7 Å². The van der Waals surface area contributed by atoms with Gasteiger partial charge in [0.1, 0.15) is 0 Å². The highest BCUT2D eigenvalue weighted by Gasteiger charge is 2.36. The number of aryl methyl sites for hydroxylation is 6. The van der Waals surface area contributed by atoms with Crippen LogP contribution >= 0.6 is 0 Å². The molecular formula is C62H61N3. The Hall–Kier alpha value is -6.45. The molecule has 0 radical (unpaired) electrons. The number of hydrogen-bond acceptors (Lipinski definition) is 3. The number of pyridine rings is 3. The maximum Gasteiger partial charge on any atom is 0.0708 e. The van der Waals surface area contributed by atoms with E-state index in [-0.39, 0.29) is 23.1 Å². The van der Waals surface area contributed by atoms with Crippen LogP contribution in [0.25, 0.3) is 44.9 Å². The van der Waals surface area contributed by atoms with E-state index >= 15 is 0 Å². The third-order valence-corrected chi connectivity index (χ3v) is 13.7. The maximum atomic E-state index is 9.91. The molecule has 10 rings (SSSR count). The van der Waals surface area contributed by atoms with Gasteiger partial charge < -0.3 is 0 Å². The molecule has 3 heterocycles. The molecule has 8 aromatic rings. The van der Waals surface area contributed by atoms with E-state index in [1.807, 2.05) is 152 Å². The summed E-state index contributed by atoms with van der Waals surface area (Å²) in [7, 11) is 0. The van der Waals surface area contributed by atoms with Crippen molar-refractivity contribution >= 4 is 0 Å². The molecule has 0 N–H and O–H groups in total. The Balaban J connectivity index is 0.996. The first-order valence-corrected chi connectivity index (χ1v) is 23.5. The Morgan fingerprint density at radius 1 is 0.431 bits per heavy atom. The second-order valence-electron chi connectivity index (χ2n) is 18.1. The van der Waals surface area contributed by atoms with E-state index in [2.05, 4.69) is 4.98 Å². The van der Waals surface area contributed by atoms with E-state index in [9.17, 15) is 9.60 Å². The van der Waals surface area contributed by atoms with Crippen molar-refractivity contribution in [3.63, 3.8) is 0 Å². The van der Waals surface area contributed by atoms with Gasteiger partial charge in [0.05, 0.1) is 17.1 Å². The molecule has 3 heteroatoms. The Morgan fingerprint density at radius 3 is 1.54 bits per heavy atom. The van der Waals surface area contributed by atoms with Gasteiger partial charge in [-0.15, -0.1) is 0 Å². The molecular weight excluding hydrogens is 787 g/mol. The lowest BCUT2D eigenvalue weighted by molar-refractivity contribution is 0.114. The van der Waals surface area contributed by atoms with E-state index in [0.29, 0.717) is 46.2 Å². The fourth-order valence-electron chi connectivity index (χ4n) is 9.92. The molecule has 2 aliphatic rings. The molecule has 2 aliphatic carbocycles. The van der Waals surface area contributed by atoms with Gasteiger partial charge in [0, 0.05) is 44.9 Å². The second-order valence-corrected chi connectivity index (χ2v) is 18.1. The van der Waals surface area contributed by atoms with Crippen molar-refractivity contribution in [2.75, 3.05) is 0 Å². The Morgan fingerprint density at radius 2 is 0.954 bits per heavy atom. The van der Waals surface area contributed by atoms with Crippen molar-refractivity contribution in [2.45, 2.75) is 102 Å². The maximum absolute atomic E-state index is 9.91. The number of aromatic nitrogens is 3. The van der Waals surface area contributed by atoms with Crippen LogP contribution in [-0.2, 0) is 38.4 Å². The molecule has 65 heavy (non-hydrogen) atoms. The highest BCUT2D eigenvalue weighted by molar-refractivity contribution is 5.73. The van der Waals surface area contributed by atoms with E-state index in [1.54, 1.807) is 18.3 Å². The normalized spacial score (nSPS) is 17.7. The first kappa shape index (κ1) is 34.9. The first-order valence-electron chi connectivity index (χ1n) is 27.0. The van der Waals surface area contributed by atoms with Gasteiger partial charge in [0.15, 0.2) is 0 Å². The fourth-order valence-corrected chi connectivity index (χ4v) is 9.92. The van der Waals surface area contributed by atoms with E-state index < -0.39 is 25.0 Å². The summed E-state index contributed by atoms with van der Waals surface area (Å²) in [4.78, 5) is 14.2. The van der Waals surface area contributed by atoms with Crippen molar-refractivity contribution in [3.8, 4) is 44.9 Å². The van der Waals surface area contributed by atoms with Crippen LogP contribution in [0.1, 0.15) is 112 Å². The van der Waals surface area contributed by atoms with Gasteiger partial charge in [-0.1, -0.05) is 165 Å². The minimum absolute atomic E-state index is 0.0236. The Kier molecular flexibility index (Phi) is 10.8. The summed E-state index contributed by atoms with van der Waals surface area (Å²) in [6.45, 7) is 0. The van der Waals surface area contributed by atoms with Crippen molar-refractivity contribution < 1.29 is 9.60 Å². The van der Waals surface area contributed by atoms with Gasteiger partial charge in [-0.3, -0.25) is 15.0 Å². The molecule has 2 fully saturated rings. The van der Waals surface area contributed by atoms with Gasteiger partial charge in [-0.25, -0.2) is 0 Å². The molecule has 2 saturated carbocycles. The van der Waals surface area contributed by atoms with Crippen LogP contribution in [-0.4, -0.2) is 15.0 Å². The van der Waals surface area contributed by atoms with Crippen LogP contribution in [0.5, 0.6) is 0 Å². The number of hydrogen-bond donors (Lipinski definition) is 0. The van der Waals surface area contributed by atoms with Crippen LogP contribution < -0.4 is 0 Å². The predicted octanol–water partition coefficient (Wildman–Crippen LogP) is 15.5. The van der Waals surface area contributed by atoms with E-state index in [1.165, 1.54) is 44.4 Å². The minimum atomic E-state index is -2.67. The molecule has 0 unspecified atom stereocenters. The van der Waals surface area contributed by atoms with Crippen molar-refractivity contribution in [3.05, 3.63) is 221 Å². The molecule has 1 spiro atoms. The SMILES string of the molecule is [2H]C([2H])(Cc1ccc(-c2ccccc2)nc1)c1cc(CCc2ccc(-c3ccccc3)nc2)cc(C([2H])([2H])C([2H])([2H])c2cnc(-c3ccccc3)cc2-c2ccc(C3([2H])CCC4(CCCCC4)CC3)cc2)c1. The molecule has 0 aliphatic heterocycles. The monoisotopic (exact) mass is 855 g/mol. The first-order chi connectivity index (χ1) is 34.7. The Bertz CT molecular complexity index is 3090. The van der Waals surface area contributed by atoms with Crippen LogP contribution in [0.4, 0.5) is 0 Å². The molecule has 0 atom stereocenters.